The van der Waals surface area contributed by atoms with Crippen molar-refractivity contribution >= 4 is 11.8 Å². The van der Waals surface area contributed by atoms with Crippen LogP contribution < -0.4 is 5.73 Å². The quantitative estimate of drug-likeness (QED) is 0.754. The molecule has 3 N–H and O–H groups in total. The second-order valence-corrected chi connectivity index (χ2v) is 5.11. The van der Waals surface area contributed by atoms with Gasteiger partial charge >= 0.3 is 0 Å². The van der Waals surface area contributed by atoms with Crippen LogP contribution >= 0.6 is 11.8 Å². The molecule has 0 bridgehead atoms. The van der Waals surface area contributed by atoms with Crippen LogP contribution in [0.3, 0.4) is 0 Å². The maximum Gasteiger partial charge on any atom is 0.243 e. The number of nitrogens with two attached hydrogens (primary N) is 1. The number of hydrogen-bond acceptors (Lipinski definition) is 6. The van der Waals surface area contributed by atoms with Crippen molar-refractivity contribution in [3.63, 3.8) is 0 Å². The van der Waals surface area contributed by atoms with E-state index >= 15 is 0 Å². The van der Waals surface area contributed by atoms with Gasteiger partial charge < -0.3 is 15.4 Å². The maximum absolute atomic E-state index is 8.73. The van der Waals surface area contributed by atoms with Crippen molar-refractivity contribution in [3.05, 3.63) is 11.7 Å². The van der Waals surface area contributed by atoms with Gasteiger partial charge in [-0.25, -0.2) is 0 Å². The van der Waals surface area contributed by atoms with Gasteiger partial charge in [0, 0.05) is 6.61 Å². The fourth-order valence-corrected chi connectivity index (χ4v) is 2.01. The first-order valence-corrected chi connectivity index (χ1v) is 6.55. The third kappa shape index (κ3) is 4.51. The highest BCUT2D eigenvalue weighted by atomic mass is 32.2. The smallest absolute Gasteiger partial charge is 0.243 e. The van der Waals surface area contributed by atoms with Crippen LogP contribution in [0.5, 0.6) is 0 Å². The van der Waals surface area contributed by atoms with E-state index in [1.54, 1.807) is 11.8 Å². The molecule has 0 aliphatic carbocycles. The molecule has 92 valence electrons. The summed E-state index contributed by atoms with van der Waals surface area (Å²) >= 11 is 1.78. The van der Waals surface area contributed by atoms with Crippen LogP contribution in [-0.2, 0) is 5.75 Å². The van der Waals surface area contributed by atoms with E-state index in [0.29, 0.717) is 24.1 Å². The van der Waals surface area contributed by atoms with Crippen molar-refractivity contribution in [2.75, 3.05) is 12.4 Å². The molecule has 1 rings (SSSR count). The summed E-state index contributed by atoms with van der Waals surface area (Å²) < 4.78 is 5.03. The third-order valence-electron chi connectivity index (χ3n) is 1.92. The molecule has 6 heteroatoms. The molecule has 16 heavy (non-hydrogen) atoms. The highest BCUT2D eigenvalue weighted by molar-refractivity contribution is 7.98. The number of aliphatic hydroxyl groups is 1. The predicted octanol–water partition coefficient (Wildman–Crippen LogP) is 1.34. The SMILES string of the molecule is CC(C)CSCc1noc(C(N)CCO)n1. The molecule has 1 heterocycles. The van der Waals surface area contributed by atoms with Crippen LogP contribution in [-0.4, -0.2) is 27.6 Å². The monoisotopic (exact) mass is 245 g/mol. The normalized spacial score (nSPS) is 13.3. The molecule has 0 aliphatic rings. The summed E-state index contributed by atoms with van der Waals surface area (Å²) in [5, 5.41) is 12.6. The Hall–Kier alpha value is -0.590. The second kappa shape index (κ2) is 6.88. The van der Waals surface area contributed by atoms with E-state index in [2.05, 4.69) is 24.0 Å². The Kier molecular flexibility index (Phi) is 5.79. The highest BCUT2D eigenvalue weighted by Gasteiger charge is 2.14. The van der Waals surface area contributed by atoms with Crippen molar-refractivity contribution in [3.8, 4) is 0 Å². The highest BCUT2D eigenvalue weighted by Crippen LogP contribution is 2.16. The van der Waals surface area contributed by atoms with Gasteiger partial charge in [0.1, 0.15) is 0 Å². The lowest BCUT2D eigenvalue weighted by Gasteiger charge is -2.02. The van der Waals surface area contributed by atoms with Crippen LogP contribution in [0.25, 0.3) is 0 Å². The van der Waals surface area contributed by atoms with Gasteiger partial charge in [0.15, 0.2) is 5.82 Å². The first kappa shape index (κ1) is 13.5. The van der Waals surface area contributed by atoms with Crippen molar-refractivity contribution in [1.82, 2.24) is 10.1 Å². The van der Waals surface area contributed by atoms with Crippen LogP contribution in [0, 0.1) is 5.92 Å². The summed E-state index contributed by atoms with van der Waals surface area (Å²) in [6.45, 7) is 4.37. The number of rotatable bonds is 7. The zero-order valence-electron chi connectivity index (χ0n) is 9.72. The van der Waals surface area contributed by atoms with Gasteiger partial charge in [0.25, 0.3) is 0 Å². The van der Waals surface area contributed by atoms with Gasteiger partial charge in [-0.3, -0.25) is 0 Å². The summed E-state index contributed by atoms with van der Waals surface area (Å²) in [6, 6.07) is -0.360. The van der Waals surface area contributed by atoms with Gasteiger partial charge in [0.05, 0.1) is 11.8 Å². The molecule has 0 radical (unpaired) electrons. The van der Waals surface area contributed by atoms with Crippen molar-refractivity contribution in [1.29, 1.82) is 0 Å². The van der Waals surface area contributed by atoms with Gasteiger partial charge in [0.2, 0.25) is 5.89 Å². The topological polar surface area (TPSA) is 85.2 Å². The lowest BCUT2D eigenvalue weighted by atomic mass is 10.2. The molecule has 0 saturated heterocycles. The maximum atomic E-state index is 8.73. The molecule has 0 aromatic carbocycles. The minimum Gasteiger partial charge on any atom is -0.396 e. The van der Waals surface area contributed by atoms with E-state index in [1.165, 1.54) is 0 Å². The fourth-order valence-electron chi connectivity index (χ4n) is 1.13. The molecule has 0 spiro atoms. The standard InChI is InChI=1S/C10H19N3O2S/c1-7(2)5-16-6-9-12-10(15-13-9)8(11)3-4-14/h7-8,14H,3-6,11H2,1-2H3. The Balaban J connectivity index is 2.39. The first-order valence-electron chi connectivity index (χ1n) is 5.40. The summed E-state index contributed by atoms with van der Waals surface area (Å²) in [5.41, 5.74) is 5.73. The summed E-state index contributed by atoms with van der Waals surface area (Å²) in [7, 11) is 0. The summed E-state index contributed by atoms with van der Waals surface area (Å²) in [5.74, 6) is 3.57. The molecule has 1 aromatic heterocycles. The molecule has 1 aromatic rings. The average Bonchev–Trinajstić information content (AvgIpc) is 2.66. The van der Waals surface area contributed by atoms with Crippen LogP contribution in [0.4, 0.5) is 0 Å². The molecular weight excluding hydrogens is 226 g/mol. The van der Waals surface area contributed by atoms with E-state index in [4.69, 9.17) is 15.4 Å². The lowest BCUT2D eigenvalue weighted by molar-refractivity contribution is 0.259. The van der Waals surface area contributed by atoms with Crippen LogP contribution in [0.1, 0.15) is 38.0 Å². The van der Waals surface area contributed by atoms with Crippen LogP contribution in [0.15, 0.2) is 4.52 Å². The number of aromatic nitrogens is 2. The minimum absolute atomic E-state index is 0.0287. The lowest BCUT2D eigenvalue weighted by Crippen LogP contribution is -2.12. The van der Waals surface area contributed by atoms with Crippen molar-refractivity contribution in [2.24, 2.45) is 11.7 Å². The number of hydrogen-bond donors (Lipinski definition) is 2. The molecule has 1 atom stereocenters. The Morgan fingerprint density at radius 3 is 2.88 bits per heavy atom. The van der Waals surface area contributed by atoms with E-state index in [9.17, 15) is 0 Å². The number of nitrogens with zero attached hydrogens (tertiary/aromatic N) is 2. The molecule has 0 aliphatic heterocycles. The number of thioether (sulfide) groups is 1. The Labute approximate surface area is 99.8 Å². The Morgan fingerprint density at radius 1 is 1.50 bits per heavy atom. The number of aliphatic hydroxyl groups excluding tert-OH is 1. The van der Waals surface area contributed by atoms with Crippen molar-refractivity contribution < 1.29 is 9.63 Å². The molecule has 0 saturated carbocycles. The molecule has 1 unspecified atom stereocenters. The van der Waals surface area contributed by atoms with Gasteiger partial charge in [-0.05, 0) is 18.1 Å². The third-order valence-corrected chi connectivity index (χ3v) is 3.29. The van der Waals surface area contributed by atoms with E-state index in [1.807, 2.05) is 0 Å². The van der Waals surface area contributed by atoms with Crippen molar-refractivity contribution in [2.45, 2.75) is 32.1 Å². The summed E-state index contributed by atoms with van der Waals surface area (Å²) in [6.07, 6.45) is 0.445. The first-order chi connectivity index (χ1) is 7.63. The van der Waals surface area contributed by atoms with Gasteiger partial charge in [-0.15, -0.1) is 0 Å². The molecule has 0 amide bonds. The predicted molar refractivity (Wildman–Crippen MR) is 63.9 cm³/mol. The Morgan fingerprint density at radius 2 is 2.25 bits per heavy atom. The Bertz CT molecular complexity index is 304. The fraction of sp³-hybridized carbons (Fsp3) is 0.800. The van der Waals surface area contributed by atoms with E-state index < -0.39 is 0 Å². The second-order valence-electron chi connectivity index (χ2n) is 4.08. The van der Waals surface area contributed by atoms with E-state index in [-0.39, 0.29) is 12.6 Å². The minimum atomic E-state index is -0.360. The largest absolute Gasteiger partial charge is 0.396 e. The average molecular weight is 245 g/mol. The van der Waals surface area contributed by atoms with Gasteiger partial charge in [-0.1, -0.05) is 19.0 Å². The zero-order chi connectivity index (χ0) is 12.0. The summed E-state index contributed by atoms with van der Waals surface area (Å²) in [4.78, 5) is 4.19. The molecule has 0 fully saturated rings. The molecular formula is C10H19N3O2S. The van der Waals surface area contributed by atoms with Crippen LogP contribution in [0.2, 0.25) is 0 Å². The van der Waals surface area contributed by atoms with E-state index in [0.717, 1.165) is 11.5 Å². The van der Waals surface area contributed by atoms with Gasteiger partial charge in [-0.2, -0.15) is 16.7 Å². The molecule has 5 nitrogen and oxygen atoms in total. The zero-order valence-corrected chi connectivity index (χ0v) is 10.5.